The number of carboxylic acids is 2. The van der Waals surface area contributed by atoms with Crippen LogP contribution >= 0.6 is 0 Å². The lowest BCUT2D eigenvalue weighted by Gasteiger charge is -2.19. The molecule has 1 aliphatic heterocycles. The molecule has 0 radical (unpaired) electrons. The number of benzene rings is 1. The van der Waals surface area contributed by atoms with Crippen molar-refractivity contribution >= 4 is 34.6 Å². The first-order valence-electron chi connectivity index (χ1n) is 8.40. The fourth-order valence-electron chi connectivity index (χ4n) is 2.50. The first kappa shape index (κ1) is 20.9. The number of hydrogen-bond acceptors (Lipinski definition) is 7. The standard InChI is InChI=1S/C14H17N3O3.C4H4O4/c1-16(2)7-4-8-17-12(18)9-19-10-5-3-6-11-13(10)14(17)15-20-11;5-3(6)1-2-4(7)8/h3,5-6H,4,7-9H2,1-2H3;1-2H,(H,5,6)(H,7,8)/b;2-1+. The molecule has 1 aliphatic rings. The molecule has 0 saturated heterocycles. The van der Waals surface area contributed by atoms with E-state index in [1.165, 1.54) is 0 Å². The van der Waals surface area contributed by atoms with Gasteiger partial charge in [-0.1, -0.05) is 11.2 Å². The van der Waals surface area contributed by atoms with Crippen LogP contribution < -0.4 is 9.64 Å². The summed E-state index contributed by atoms with van der Waals surface area (Å²) in [5.41, 5.74) is 0.643. The number of aliphatic carboxylic acids is 2. The third kappa shape index (κ3) is 5.55. The lowest BCUT2D eigenvalue weighted by molar-refractivity contribution is -0.134. The number of amides is 1. The SMILES string of the molecule is CN(C)CCCN1C(=O)COc2cccc3onc1c23.O=C(O)/C=C/C(=O)O. The topological polar surface area (TPSA) is 133 Å². The number of anilines is 1. The molecule has 10 nitrogen and oxygen atoms in total. The van der Waals surface area contributed by atoms with E-state index in [9.17, 15) is 14.4 Å². The van der Waals surface area contributed by atoms with Gasteiger partial charge < -0.3 is 24.4 Å². The second-order valence-corrected chi connectivity index (χ2v) is 6.14. The fourth-order valence-corrected chi connectivity index (χ4v) is 2.50. The van der Waals surface area contributed by atoms with Crippen LogP contribution in [0.2, 0.25) is 0 Å². The summed E-state index contributed by atoms with van der Waals surface area (Å²) in [4.78, 5) is 35.1. The number of aromatic nitrogens is 1. The van der Waals surface area contributed by atoms with Crippen molar-refractivity contribution in [2.75, 3.05) is 38.7 Å². The predicted octanol–water partition coefficient (Wildman–Crippen LogP) is 1.22. The predicted molar refractivity (Wildman–Crippen MR) is 99.4 cm³/mol. The minimum absolute atomic E-state index is 0.0391. The van der Waals surface area contributed by atoms with Crippen LogP contribution in [0.5, 0.6) is 5.75 Å². The average Bonchev–Trinajstić information content (AvgIpc) is 3.00. The Morgan fingerprint density at radius 3 is 2.54 bits per heavy atom. The normalized spacial score (nSPS) is 13.2. The zero-order valence-electron chi connectivity index (χ0n) is 15.5. The van der Waals surface area contributed by atoms with Gasteiger partial charge in [-0.15, -0.1) is 0 Å². The van der Waals surface area contributed by atoms with Crippen molar-refractivity contribution < 1.29 is 33.9 Å². The molecule has 1 aromatic heterocycles. The Morgan fingerprint density at radius 1 is 1.25 bits per heavy atom. The monoisotopic (exact) mass is 391 g/mol. The van der Waals surface area contributed by atoms with Gasteiger partial charge in [0, 0.05) is 18.7 Å². The number of nitrogens with zero attached hydrogens (tertiary/aromatic N) is 3. The van der Waals surface area contributed by atoms with Crippen LogP contribution in [0.15, 0.2) is 34.9 Å². The molecular weight excluding hydrogens is 370 g/mol. The molecule has 0 atom stereocenters. The van der Waals surface area contributed by atoms with E-state index in [1.54, 1.807) is 4.90 Å². The summed E-state index contributed by atoms with van der Waals surface area (Å²) >= 11 is 0. The molecule has 1 aromatic carbocycles. The van der Waals surface area contributed by atoms with E-state index in [1.807, 2.05) is 32.3 Å². The van der Waals surface area contributed by atoms with Crippen LogP contribution in [-0.2, 0) is 14.4 Å². The largest absolute Gasteiger partial charge is 0.483 e. The lowest BCUT2D eigenvalue weighted by Crippen LogP contribution is -2.36. The zero-order valence-corrected chi connectivity index (χ0v) is 15.5. The van der Waals surface area contributed by atoms with E-state index in [-0.39, 0.29) is 12.5 Å². The molecule has 150 valence electrons. The van der Waals surface area contributed by atoms with Crippen LogP contribution in [-0.4, -0.2) is 71.9 Å². The van der Waals surface area contributed by atoms with Gasteiger partial charge >= 0.3 is 11.9 Å². The molecular formula is C18H21N3O7. The van der Waals surface area contributed by atoms with Gasteiger partial charge in [0.25, 0.3) is 5.91 Å². The fraction of sp³-hybridized carbons (Fsp3) is 0.333. The number of carbonyl (C=O) groups excluding carboxylic acids is 1. The molecule has 2 N–H and O–H groups in total. The molecule has 0 saturated carbocycles. The molecule has 2 heterocycles. The molecule has 28 heavy (non-hydrogen) atoms. The number of carbonyl (C=O) groups is 3. The van der Waals surface area contributed by atoms with Gasteiger partial charge in [0.2, 0.25) is 0 Å². The molecule has 0 fully saturated rings. The molecule has 2 aromatic rings. The van der Waals surface area contributed by atoms with Gasteiger partial charge in [0.1, 0.15) is 11.1 Å². The van der Waals surface area contributed by atoms with E-state index in [4.69, 9.17) is 19.5 Å². The summed E-state index contributed by atoms with van der Waals surface area (Å²) < 4.78 is 10.8. The maximum Gasteiger partial charge on any atom is 0.328 e. The number of rotatable bonds is 6. The quantitative estimate of drug-likeness (QED) is 0.697. The highest BCUT2D eigenvalue weighted by atomic mass is 16.5. The highest BCUT2D eigenvalue weighted by molar-refractivity contribution is 6.05. The molecule has 1 amide bonds. The van der Waals surface area contributed by atoms with Crippen molar-refractivity contribution in [1.82, 2.24) is 10.1 Å². The van der Waals surface area contributed by atoms with Crippen LogP contribution in [0.3, 0.4) is 0 Å². The Balaban J connectivity index is 0.000000300. The van der Waals surface area contributed by atoms with E-state index in [0.717, 1.165) is 18.4 Å². The van der Waals surface area contributed by atoms with Crippen molar-refractivity contribution in [1.29, 1.82) is 0 Å². The third-order valence-electron chi connectivity index (χ3n) is 3.71. The lowest BCUT2D eigenvalue weighted by atomic mass is 10.2. The molecule has 0 spiro atoms. The summed E-state index contributed by atoms with van der Waals surface area (Å²) in [5.74, 6) is -1.38. The van der Waals surface area contributed by atoms with Gasteiger partial charge in [-0.2, -0.15) is 0 Å². The molecule has 0 bridgehead atoms. The molecule has 10 heteroatoms. The summed E-state index contributed by atoms with van der Waals surface area (Å²) in [6, 6.07) is 5.49. The maximum atomic E-state index is 12.2. The van der Waals surface area contributed by atoms with Crippen LogP contribution in [0, 0.1) is 0 Å². The van der Waals surface area contributed by atoms with Crippen molar-refractivity contribution in [3.05, 3.63) is 30.4 Å². The summed E-state index contributed by atoms with van der Waals surface area (Å²) in [6.45, 7) is 1.56. The second-order valence-electron chi connectivity index (χ2n) is 6.14. The van der Waals surface area contributed by atoms with Gasteiger partial charge in [-0.3, -0.25) is 9.69 Å². The molecule has 0 unspecified atom stereocenters. The third-order valence-corrected chi connectivity index (χ3v) is 3.71. The Kier molecular flexibility index (Phi) is 7.10. The van der Waals surface area contributed by atoms with E-state index in [0.29, 0.717) is 35.8 Å². The Hall–Kier alpha value is -3.40. The van der Waals surface area contributed by atoms with Crippen LogP contribution in [0.4, 0.5) is 5.82 Å². The first-order valence-corrected chi connectivity index (χ1v) is 8.40. The van der Waals surface area contributed by atoms with Gasteiger partial charge in [-0.25, -0.2) is 9.59 Å². The Morgan fingerprint density at radius 2 is 1.93 bits per heavy atom. The van der Waals surface area contributed by atoms with Gasteiger partial charge in [-0.05, 0) is 39.2 Å². The van der Waals surface area contributed by atoms with Crippen molar-refractivity contribution in [3.8, 4) is 5.75 Å². The number of carboxylic acid groups (broad SMARTS) is 2. The second kappa shape index (κ2) is 9.51. The van der Waals surface area contributed by atoms with Gasteiger partial charge in [0.15, 0.2) is 18.0 Å². The average molecular weight is 391 g/mol. The Labute approximate surface area is 160 Å². The summed E-state index contributed by atoms with van der Waals surface area (Å²) in [5, 5.41) is 20.5. The van der Waals surface area contributed by atoms with E-state index < -0.39 is 11.9 Å². The first-order chi connectivity index (χ1) is 13.3. The maximum absolute atomic E-state index is 12.2. The van der Waals surface area contributed by atoms with Gasteiger partial charge in [0.05, 0.1) is 0 Å². The van der Waals surface area contributed by atoms with E-state index in [2.05, 4.69) is 10.1 Å². The zero-order chi connectivity index (χ0) is 20.7. The smallest absolute Gasteiger partial charge is 0.328 e. The van der Waals surface area contributed by atoms with Crippen LogP contribution in [0.1, 0.15) is 6.42 Å². The van der Waals surface area contributed by atoms with Crippen LogP contribution in [0.25, 0.3) is 11.0 Å². The van der Waals surface area contributed by atoms with Crippen molar-refractivity contribution in [2.45, 2.75) is 6.42 Å². The number of hydrogen-bond donors (Lipinski definition) is 2. The highest BCUT2D eigenvalue weighted by Crippen LogP contribution is 2.36. The summed E-state index contributed by atoms with van der Waals surface area (Å²) in [6.07, 6.45) is 1.99. The molecule has 0 aliphatic carbocycles. The Bertz CT molecular complexity index is 872. The van der Waals surface area contributed by atoms with E-state index >= 15 is 0 Å². The molecule has 3 rings (SSSR count). The number of ether oxygens (including phenoxy) is 1. The minimum Gasteiger partial charge on any atom is -0.483 e. The van der Waals surface area contributed by atoms with Crippen molar-refractivity contribution in [3.63, 3.8) is 0 Å². The minimum atomic E-state index is -1.26. The highest BCUT2D eigenvalue weighted by Gasteiger charge is 2.27. The summed E-state index contributed by atoms with van der Waals surface area (Å²) in [7, 11) is 4.02. The van der Waals surface area contributed by atoms with Crippen molar-refractivity contribution in [2.24, 2.45) is 0 Å².